The van der Waals surface area contributed by atoms with Crippen LogP contribution in [0.2, 0.25) is 0 Å². The largest absolute Gasteiger partial charge is 0.369 e. The maximum Gasteiger partial charge on any atom is 0.131 e. The lowest BCUT2D eigenvalue weighted by atomic mass is 9.95. The number of hydrogen-bond donors (Lipinski definition) is 2. The fourth-order valence-electron chi connectivity index (χ4n) is 2.22. The van der Waals surface area contributed by atoms with Crippen molar-refractivity contribution in [1.29, 1.82) is 0 Å². The van der Waals surface area contributed by atoms with Gasteiger partial charge in [0.1, 0.15) is 16.3 Å². The lowest BCUT2D eigenvalue weighted by Crippen LogP contribution is -2.23. The van der Waals surface area contributed by atoms with Gasteiger partial charge in [-0.25, -0.2) is 4.98 Å². The Morgan fingerprint density at radius 2 is 2.19 bits per heavy atom. The van der Waals surface area contributed by atoms with Gasteiger partial charge in [-0.2, -0.15) is 0 Å². The molecule has 16 heavy (non-hydrogen) atoms. The standard InChI is InChI=1S/C12H19N3S/c1-2-10-14-11(8-12(16)15-10)13-9-6-4-3-5-7-9/h8-9H,2-7H2,1H3,(H2,13,14,15,16). The predicted octanol–water partition coefficient (Wildman–Crippen LogP) is 3.45. The number of aromatic nitrogens is 2. The van der Waals surface area contributed by atoms with Crippen molar-refractivity contribution in [3.63, 3.8) is 0 Å². The summed E-state index contributed by atoms with van der Waals surface area (Å²) in [5.74, 6) is 1.99. The molecular formula is C12H19N3S. The molecular weight excluding hydrogens is 218 g/mol. The minimum atomic E-state index is 0.603. The number of rotatable bonds is 3. The summed E-state index contributed by atoms with van der Waals surface area (Å²) in [6.45, 7) is 2.08. The number of anilines is 1. The van der Waals surface area contributed by atoms with Gasteiger partial charge in [-0.1, -0.05) is 38.4 Å². The Morgan fingerprint density at radius 3 is 2.88 bits per heavy atom. The van der Waals surface area contributed by atoms with Gasteiger partial charge in [-0.3, -0.25) is 0 Å². The quantitative estimate of drug-likeness (QED) is 0.791. The van der Waals surface area contributed by atoms with E-state index in [1.807, 2.05) is 6.07 Å². The van der Waals surface area contributed by atoms with Crippen molar-refractivity contribution in [2.45, 2.75) is 51.5 Å². The van der Waals surface area contributed by atoms with Gasteiger partial charge in [0, 0.05) is 18.5 Å². The second-order valence-electron chi connectivity index (χ2n) is 4.41. The van der Waals surface area contributed by atoms with Crippen LogP contribution in [0.5, 0.6) is 0 Å². The Hall–Kier alpha value is -0.900. The van der Waals surface area contributed by atoms with Gasteiger partial charge in [-0.05, 0) is 12.8 Å². The maximum atomic E-state index is 5.15. The van der Waals surface area contributed by atoms with Gasteiger partial charge in [0.2, 0.25) is 0 Å². The highest BCUT2D eigenvalue weighted by Crippen LogP contribution is 2.20. The van der Waals surface area contributed by atoms with E-state index in [0.29, 0.717) is 10.7 Å². The number of H-pyrrole nitrogens is 1. The van der Waals surface area contributed by atoms with E-state index < -0.39 is 0 Å². The Morgan fingerprint density at radius 1 is 1.44 bits per heavy atom. The molecule has 1 aromatic heterocycles. The second kappa shape index (κ2) is 5.43. The molecule has 1 fully saturated rings. The topological polar surface area (TPSA) is 40.7 Å². The summed E-state index contributed by atoms with van der Waals surface area (Å²) >= 11 is 5.15. The van der Waals surface area contributed by atoms with E-state index >= 15 is 0 Å². The molecule has 0 aromatic carbocycles. The average Bonchev–Trinajstić information content (AvgIpc) is 2.29. The second-order valence-corrected chi connectivity index (χ2v) is 4.83. The SMILES string of the molecule is CCc1nc(=S)cc(NC2CCCCC2)[nH]1. The van der Waals surface area contributed by atoms with Crippen LogP contribution in [0.15, 0.2) is 6.07 Å². The smallest absolute Gasteiger partial charge is 0.131 e. The van der Waals surface area contributed by atoms with E-state index in [2.05, 4.69) is 22.2 Å². The van der Waals surface area contributed by atoms with E-state index in [4.69, 9.17) is 12.2 Å². The fourth-order valence-corrected chi connectivity index (χ4v) is 2.45. The van der Waals surface area contributed by atoms with Crippen LogP contribution in [-0.2, 0) is 6.42 Å². The molecule has 1 saturated carbocycles. The Labute approximate surface area is 102 Å². The van der Waals surface area contributed by atoms with Crippen molar-refractivity contribution in [1.82, 2.24) is 9.97 Å². The molecule has 0 spiro atoms. The van der Waals surface area contributed by atoms with Crippen LogP contribution in [0.4, 0.5) is 5.82 Å². The third-order valence-electron chi connectivity index (χ3n) is 3.09. The van der Waals surface area contributed by atoms with Crippen LogP contribution in [-0.4, -0.2) is 16.0 Å². The van der Waals surface area contributed by atoms with Crippen molar-refractivity contribution >= 4 is 18.0 Å². The van der Waals surface area contributed by atoms with Gasteiger partial charge < -0.3 is 10.3 Å². The zero-order valence-electron chi connectivity index (χ0n) is 9.75. The highest BCUT2D eigenvalue weighted by molar-refractivity contribution is 7.71. The molecule has 0 unspecified atom stereocenters. The number of nitrogens with zero attached hydrogens (tertiary/aromatic N) is 1. The molecule has 0 radical (unpaired) electrons. The van der Waals surface area contributed by atoms with Gasteiger partial charge in [0.15, 0.2) is 0 Å². The Balaban J connectivity index is 2.07. The van der Waals surface area contributed by atoms with E-state index in [-0.39, 0.29) is 0 Å². The maximum absolute atomic E-state index is 5.15. The minimum absolute atomic E-state index is 0.603. The molecule has 1 aliphatic rings. The predicted molar refractivity (Wildman–Crippen MR) is 69.3 cm³/mol. The molecule has 3 nitrogen and oxygen atoms in total. The monoisotopic (exact) mass is 237 g/mol. The van der Waals surface area contributed by atoms with E-state index in [0.717, 1.165) is 18.1 Å². The molecule has 1 aromatic rings. The molecule has 0 aliphatic heterocycles. The first-order valence-electron chi connectivity index (χ1n) is 6.14. The number of nitrogens with one attached hydrogen (secondary N) is 2. The fraction of sp³-hybridized carbons (Fsp3) is 0.667. The van der Waals surface area contributed by atoms with Crippen LogP contribution >= 0.6 is 12.2 Å². The highest BCUT2D eigenvalue weighted by Gasteiger charge is 2.13. The summed E-state index contributed by atoms with van der Waals surface area (Å²) in [6, 6.07) is 2.52. The number of hydrogen-bond acceptors (Lipinski definition) is 3. The lowest BCUT2D eigenvalue weighted by Gasteiger charge is -2.23. The third kappa shape index (κ3) is 3.04. The van der Waals surface area contributed by atoms with Crippen molar-refractivity contribution in [2.24, 2.45) is 0 Å². The summed E-state index contributed by atoms with van der Waals surface area (Å²) in [4.78, 5) is 7.56. The summed E-state index contributed by atoms with van der Waals surface area (Å²) in [6.07, 6.45) is 7.48. The van der Waals surface area contributed by atoms with Crippen molar-refractivity contribution in [3.8, 4) is 0 Å². The van der Waals surface area contributed by atoms with Gasteiger partial charge >= 0.3 is 0 Å². The van der Waals surface area contributed by atoms with Crippen LogP contribution in [0.1, 0.15) is 44.9 Å². The third-order valence-corrected chi connectivity index (χ3v) is 3.30. The summed E-state index contributed by atoms with van der Waals surface area (Å²) < 4.78 is 0.675. The molecule has 0 bridgehead atoms. The molecule has 0 saturated heterocycles. The Bertz CT molecular complexity index is 393. The summed E-state index contributed by atoms with van der Waals surface area (Å²) in [5.41, 5.74) is 0. The molecule has 88 valence electrons. The highest BCUT2D eigenvalue weighted by atomic mass is 32.1. The van der Waals surface area contributed by atoms with Crippen molar-refractivity contribution in [2.75, 3.05) is 5.32 Å². The first-order valence-corrected chi connectivity index (χ1v) is 6.55. The Kier molecular flexibility index (Phi) is 3.93. The first kappa shape index (κ1) is 11.6. The van der Waals surface area contributed by atoms with Crippen LogP contribution in [0.25, 0.3) is 0 Å². The molecule has 1 heterocycles. The number of aromatic amines is 1. The van der Waals surface area contributed by atoms with E-state index in [1.54, 1.807) is 0 Å². The molecule has 1 aliphatic carbocycles. The normalized spacial score (nSPS) is 17.3. The van der Waals surface area contributed by atoms with Crippen LogP contribution in [0.3, 0.4) is 0 Å². The number of aryl methyl sites for hydroxylation is 1. The first-order chi connectivity index (χ1) is 7.78. The molecule has 2 rings (SSSR count). The molecule has 4 heteroatoms. The summed E-state index contributed by atoms with van der Waals surface area (Å²) in [5, 5.41) is 3.53. The zero-order chi connectivity index (χ0) is 11.4. The van der Waals surface area contributed by atoms with E-state index in [1.165, 1.54) is 32.1 Å². The lowest BCUT2D eigenvalue weighted by molar-refractivity contribution is 0.461. The van der Waals surface area contributed by atoms with Gasteiger partial charge in [0.05, 0.1) is 0 Å². The molecule has 0 atom stereocenters. The van der Waals surface area contributed by atoms with Gasteiger partial charge in [0.25, 0.3) is 0 Å². The van der Waals surface area contributed by atoms with E-state index in [9.17, 15) is 0 Å². The van der Waals surface area contributed by atoms with Crippen LogP contribution in [0, 0.1) is 4.64 Å². The van der Waals surface area contributed by atoms with Crippen molar-refractivity contribution in [3.05, 3.63) is 16.5 Å². The summed E-state index contributed by atoms with van der Waals surface area (Å²) in [7, 11) is 0. The zero-order valence-corrected chi connectivity index (χ0v) is 10.6. The van der Waals surface area contributed by atoms with Gasteiger partial charge in [-0.15, -0.1) is 0 Å². The van der Waals surface area contributed by atoms with Crippen molar-refractivity contribution < 1.29 is 0 Å². The minimum Gasteiger partial charge on any atom is -0.369 e. The average molecular weight is 237 g/mol. The molecule has 2 N–H and O–H groups in total. The van der Waals surface area contributed by atoms with Crippen LogP contribution < -0.4 is 5.32 Å². The molecule has 0 amide bonds.